The topological polar surface area (TPSA) is 81.2 Å². The Balaban J connectivity index is 1.98. The van der Waals surface area contributed by atoms with Crippen LogP contribution in [0.1, 0.15) is 20.8 Å². The third-order valence-corrected chi connectivity index (χ3v) is 3.23. The van der Waals surface area contributed by atoms with E-state index in [0.29, 0.717) is 5.02 Å². The molecule has 0 unspecified atom stereocenters. The Hall–Kier alpha value is -1.70. The van der Waals surface area contributed by atoms with Gasteiger partial charge in [0.15, 0.2) is 5.69 Å². The Morgan fingerprint density at radius 3 is 2.68 bits per heavy atom. The van der Waals surface area contributed by atoms with E-state index < -0.39 is 11.9 Å². The van der Waals surface area contributed by atoms with Crippen molar-refractivity contribution < 1.29 is 14.4 Å². The number of rotatable bonds is 2. The minimum Gasteiger partial charge on any atom is -0.335 e. The summed E-state index contributed by atoms with van der Waals surface area (Å²) >= 11 is 12.5. The van der Waals surface area contributed by atoms with Crippen LogP contribution < -0.4 is 5.48 Å². The summed E-state index contributed by atoms with van der Waals surface area (Å²) in [7, 11) is 0. The van der Waals surface area contributed by atoms with Crippen molar-refractivity contribution in [2.24, 2.45) is 0 Å². The molecule has 1 N–H and O–H groups in total. The number of aromatic nitrogens is 2. The third kappa shape index (κ3) is 3.40. The number of nitrogens with zero attached hydrogens (tertiary/aromatic N) is 2. The molecule has 0 fully saturated rings. The Kier molecular flexibility index (Phi) is 4.31. The van der Waals surface area contributed by atoms with Crippen molar-refractivity contribution in [1.82, 2.24) is 15.1 Å². The largest absolute Gasteiger partial charge is 0.363 e. The molecule has 0 saturated heterocycles. The Labute approximate surface area is 121 Å². The summed E-state index contributed by atoms with van der Waals surface area (Å²) in [6.45, 7) is 0. The van der Waals surface area contributed by atoms with Gasteiger partial charge in [-0.2, -0.15) is 5.48 Å². The molecule has 1 amide bonds. The Morgan fingerprint density at radius 2 is 2.05 bits per heavy atom. The molecule has 0 bridgehead atoms. The molecule has 0 saturated carbocycles. The summed E-state index contributed by atoms with van der Waals surface area (Å²) in [6, 6.07) is 4.21. The number of hydrogen-bond donors (Lipinski definition) is 1. The summed E-state index contributed by atoms with van der Waals surface area (Å²) in [5, 5.41) is 5.47. The molecule has 0 spiro atoms. The lowest BCUT2D eigenvalue weighted by molar-refractivity contribution is 0.0228. The van der Waals surface area contributed by atoms with Crippen LogP contribution in [-0.2, 0) is 4.84 Å². The van der Waals surface area contributed by atoms with E-state index in [0.717, 1.165) is 11.5 Å². The molecule has 1 aromatic carbocycles. The van der Waals surface area contributed by atoms with Crippen LogP contribution in [0.4, 0.5) is 0 Å². The highest BCUT2D eigenvalue weighted by atomic mass is 35.5. The fraction of sp³-hybridized carbons (Fsp3) is 0. The van der Waals surface area contributed by atoms with Crippen LogP contribution in [-0.4, -0.2) is 21.5 Å². The van der Waals surface area contributed by atoms with Gasteiger partial charge in [0.1, 0.15) is 0 Å². The first-order valence-corrected chi connectivity index (χ1v) is 6.41. The average molecular weight is 318 g/mol. The highest BCUT2D eigenvalue weighted by molar-refractivity contribution is 7.03. The predicted molar refractivity (Wildman–Crippen MR) is 69.3 cm³/mol. The summed E-state index contributed by atoms with van der Waals surface area (Å²) in [4.78, 5) is 27.6. The first-order valence-electron chi connectivity index (χ1n) is 4.81. The smallest absolute Gasteiger partial charge is 0.335 e. The van der Waals surface area contributed by atoms with E-state index in [2.05, 4.69) is 14.4 Å². The maximum Gasteiger partial charge on any atom is 0.363 e. The molecule has 0 atom stereocenters. The number of hydroxylamine groups is 1. The highest BCUT2D eigenvalue weighted by Crippen LogP contribution is 2.22. The number of amides is 1. The summed E-state index contributed by atoms with van der Waals surface area (Å²) < 4.78 is 3.51. The van der Waals surface area contributed by atoms with Gasteiger partial charge in [-0.05, 0) is 29.7 Å². The van der Waals surface area contributed by atoms with Crippen molar-refractivity contribution in [2.75, 3.05) is 0 Å². The zero-order chi connectivity index (χ0) is 13.8. The van der Waals surface area contributed by atoms with Crippen molar-refractivity contribution in [3.05, 3.63) is 44.9 Å². The molecule has 9 heteroatoms. The number of hydrogen-bond acceptors (Lipinski definition) is 6. The van der Waals surface area contributed by atoms with Crippen LogP contribution in [0.5, 0.6) is 0 Å². The molecule has 0 aliphatic rings. The van der Waals surface area contributed by atoms with Crippen LogP contribution in [0.2, 0.25) is 10.0 Å². The van der Waals surface area contributed by atoms with Crippen LogP contribution in [0.15, 0.2) is 23.6 Å². The van der Waals surface area contributed by atoms with Gasteiger partial charge in [0.2, 0.25) is 0 Å². The standard InChI is InChI=1S/C10H5Cl2N3O3S/c11-6-2-1-5(3-7(6)12)10(17)18-14-9(16)8-4-19-15-13-8/h1-4H,(H,14,16). The minimum atomic E-state index is -0.768. The van der Waals surface area contributed by atoms with Gasteiger partial charge in [-0.1, -0.05) is 27.7 Å². The highest BCUT2D eigenvalue weighted by Gasteiger charge is 2.14. The van der Waals surface area contributed by atoms with Crippen molar-refractivity contribution in [3.8, 4) is 0 Å². The van der Waals surface area contributed by atoms with Gasteiger partial charge >= 0.3 is 11.9 Å². The molecule has 0 aliphatic heterocycles. The molecular formula is C10H5Cl2N3O3S. The molecule has 2 rings (SSSR count). The Morgan fingerprint density at radius 1 is 1.26 bits per heavy atom. The van der Waals surface area contributed by atoms with Gasteiger partial charge < -0.3 is 4.84 Å². The van der Waals surface area contributed by atoms with Gasteiger partial charge in [-0.15, -0.1) is 5.10 Å². The van der Waals surface area contributed by atoms with Crippen molar-refractivity contribution in [1.29, 1.82) is 0 Å². The minimum absolute atomic E-state index is 0.0620. The van der Waals surface area contributed by atoms with E-state index in [1.54, 1.807) is 0 Å². The van der Waals surface area contributed by atoms with Crippen LogP contribution in [0.3, 0.4) is 0 Å². The molecule has 6 nitrogen and oxygen atoms in total. The molecule has 1 aromatic heterocycles. The molecule has 0 aliphatic carbocycles. The number of carbonyl (C=O) groups is 2. The first kappa shape index (κ1) is 13.7. The lowest BCUT2D eigenvalue weighted by Gasteiger charge is -2.04. The summed E-state index contributed by atoms with van der Waals surface area (Å²) in [5.41, 5.74) is 2.18. The second-order valence-electron chi connectivity index (χ2n) is 3.24. The molecule has 98 valence electrons. The van der Waals surface area contributed by atoms with Gasteiger partial charge in [0.25, 0.3) is 0 Å². The van der Waals surface area contributed by atoms with Crippen molar-refractivity contribution in [2.45, 2.75) is 0 Å². The second kappa shape index (κ2) is 5.96. The fourth-order valence-electron chi connectivity index (χ4n) is 1.09. The van der Waals surface area contributed by atoms with E-state index in [-0.39, 0.29) is 16.3 Å². The van der Waals surface area contributed by atoms with Crippen LogP contribution in [0, 0.1) is 0 Å². The number of halogens is 2. The Bertz CT molecular complexity index is 618. The van der Waals surface area contributed by atoms with E-state index in [1.807, 2.05) is 5.48 Å². The zero-order valence-electron chi connectivity index (χ0n) is 9.09. The molecular weight excluding hydrogens is 313 g/mol. The molecule has 2 aromatic rings. The van der Waals surface area contributed by atoms with E-state index in [1.165, 1.54) is 23.6 Å². The average Bonchev–Trinajstić information content (AvgIpc) is 2.92. The predicted octanol–water partition coefficient (Wildman–Crippen LogP) is 2.35. The lowest BCUT2D eigenvalue weighted by atomic mass is 10.2. The van der Waals surface area contributed by atoms with Crippen molar-refractivity contribution >= 4 is 46.6 Å². The van der Waals surface area contributed by atoms with E-state index in [9.17, 15) is 9.59 Å². The quantitative estimate of drug-likeness (QED) is 0.860. The maximum atomic E-state index is 11.6. The fourth-order valence-corrected chi connectivity index (χ4v) is 1.82. The monoisotopic (exact) mass is 317 g/mol. The molecule has 19 heavy (non-hydrogen) atoms. The molecule has 0 radical (unpaired) electrons. The van der Waals surface area contributed by atoms with Crippen LogP contribution >= 0.6 is 34.7 Å². The summed E-state index contributed by atoms with van der Waals surface area (Å²) in [6.07, 6.45) is 0. The third-order valence-electron chi connectivity index (χ3n) is 1.98. The maximum absolute atomic E-state index is 11.6. The van der Waals surface area contributed by atoms with Gasteiger partial charge in [-0.25, -0.2) is 4.79 Å². The normalized spacial score (nSPS) is 10.0. The van der Waals surface area contributed by atoms with E-state index in [4.69, 9.17) is 23.2 Å². The number of nitrogens with one attached hydrogen (secondary N) is 1. The molecule has 1 heterocycles. The van der Waals surface area contributed by atoms with E-state index >= 15 is 0 Å². The first-order chi connectivity index (χ1) is 9.08. The van der Waals surface area contributed by atoms with Gasteiger partial charge in [0, 0.05) is 5.38 Å². The van der Waals surface area contributed by atoms with Crippen molar-refractivity contribution in [3.63, 3.8) is 0 Å². The lowest BCUT2D eigenvalue weighted by Crippen LogP contribution is -2.27. The number of benzene rings is 1. The van der Waals surface area contributed by atoms with Gasteiger partial charge in [0.05, 0.1) is 15.6 Å². The van der Waals surface area contributed by atoms with Crippen LogP contribution in [0.25, 0.3) is 0 Å². The summed E-state index contributed by atoms with van der Waals surface area (Å²) in [5.74, 6) is -1.43. The number of carbonyl (C=O) groups excluding carboxylic acids is 2. The zero-order valence-corrected chi connectivity index (χ0v) is 11.4. The second-order valence-corrected chi connectivity index (χ2v) is 4.66. The SMILES string of the molecule is O=C(ONC(=O)c1csnn1)c1ccc(Cl)c(Cl)c1. The van der Waals surface area contributed by atoms with Gasteiger partial charge in [-0.3, -0.25) is 4.79 Å².